The molecular weight excluding hydrogens is 823 g/mol. The van der Waals surface area contributed by atoms with E-state index in [-0.39, 0.29) is 18.0 Å². The van der Waals surface area contributed by atoms with Crippen molar-refractivity contribution < 1.29 is 48.6 Å². The summed E-state index contributed by atoms with van der Waals surface area (Å²) in [6.07, 6.45) is 2.70. The first-order valence-electron chi connectivity index (χ1n) is 21.6. The van der Waals surface area contributed by atoms with Crippen LogP contribution >= 0.6 is 0 Å². The second kappa shape index (κ2) is 24.8. The highest BCUT2D eigenvalue weighted by Gasteiger charge is 2.40. The fourth-order valence-electron chi connectivity index (χ4n) is 7.22. The normalized spacial score (nSPS) is 14.9. The van der Waals surface area contributed by atoms with Gasteiger partial charge in [0.1, 0.15) is 36.3 Å². The second-order valence-electron chi connectivity index (χ2n) is 16.5. The van der Waals surface area contributed by atoms with Gasteiger partial charge in [-0.3, -0.25) is 43.4 Å². The standard InChI is InChI=1S/C47H63N7O10/c1-9-28(5)39(44(60)53-40(29(6)10-2)46(62)54(30(7)47(63)64)34-22-17-23-48-26-34)52-43(59)36(25-37(56)57)50-42(58)35(24-27(3)4)51-45(61)41(49-31(8)55)38(32-18-13-11-14-19-32)33-20-15-12-16-21-33/h11-23,26-30,35-36,38-41H,9-10,24-25H2,1-8H3,(H,49,55)(H,50,58)(H,51,61)(H,52,59)(H,53,60)(H,56,57)(H,63,64)/t28-,29-,30-,35-,36-,39-,40-,41+/m0/s1. The molecule has 0 saturated carbocycles. The maximum atomic E-state index is 14.3. The Kier molecular flexibility index (Phi) is 20.1. The molecule has 0 aliphatic heterocycles. The fourth-order valence-corrected chi connectivity index (χ4v) is 7.22. The van der Waals surface area contributed by atoms with E-state index in [1.165, 1.54) is 38.4 Å². The van der Waals surface area contributed by atoms with Gasteiger partial charge in [-0.25, -0.2) is 4.79 Å². The van der Waals surface area contributed by atoms with Crippen molar-refractivity contribution in [3.05, 3.63) is 96.3 Å². The largest absolute Gasteiger partial charge is 0.481 e. The van der Waals surface area contributed by atoms with E-state index in [1.807, 2.05) is 36.4 Å². The lowest BCUT2D eigenvalue weighted by atomic mass is 9.84. The van der Waals surface area contributed by atoms with E-state index in [2.05, 4.69) is 31.6 Å². The SMILES string of the molecule is CC[C@H](C)[C@H](NC(=O)[C@H](CC(=O)O)NC(=O)[C@H](CC(C)C)NC(=O)[C@H](NC(C)=O)C(c1ccccc1)c1ccccc1)C(=O)N[C@H](C(=O)N(c1cccnc1)[C@@H](C)C(=O)O)[C@@H](C)CC. The van der Waals surface area contributed by atoms with Crippen molar-refractivity contribution >= 4 is 53.1 Å². The Hall–Kier alpha value is -6.65. The van der Waals surface area contributed by atoms with Gasteiger partial charge in [-0.2, -0.15) is 0 Å². The number of carboxylic acid groups (broad SMARTS) is 2. The molecule has 346 valence electrons. The number of aliphatic carboxylic acids is 2. The highest BCUT2D eigenvalue weighted by Crippen LogP contribution is 2.29. The molecule has 17 heteroatoms. The van der Waals surface area contributed by atoms with Crippen molar-refractivity contribution in [2.75, 3.05) is 4.90 Å². The summed E-state index contributed by atoms with van der Waals surface area (Å²) >= 11 is 0. The number of nitrogens with one attached hydrogen (secondary N) is 5. The van der Waals surface area contributed by atoms with Gasteiger partial charge in [0, 0.05) is 19.0 Å². The van der Waals surface area contributed by atoms with Gasteiger partial charge in [-0.15, -0.1) is 0 Å². The molecule has 0 radical (unpaired) electrons. The van der Waals surface area contributed by atoms with E-state index in [1.54, 1.807) is 65.8 Å². The van der Waals surface area contributed by atoms with Crippen molar-refractivity contribution in [1.29, 1.82) is 0 Å². The van der Waals surface area contributed by atoms with Gasteiger partial charge in [0.05, 0.1) is 18.3 Å². The first-order valence-corrected chi connectivity index (χ1v) is 21.6. The van der Waals surface area contributed by atoms with Gasteiger partial charge in [-0.05, 0) is 54.4 Å². The van der Waals surface area contributed by atoms with Gasteiger partial charge in [0.2, 0.25) is 29.5 Å². The number of aromatic nitrogens is 1. The van der Waals surface area contributed by atoms with Crippen molar-refractivity contribution in [3.8, 4) is 0 Å². The van der Waals surface area contributed by atoms with Gasteiger partial charge in [0.25, 0.3) is 5.91 Å². The van der Waals surface area contributed by atoms with Crippen molar-refractivity contribution in [2.45, 2.75) is 123 Å². The van der Waals surface area contributed by atoms with Crippen LogP contribution in [0.5, 0.6) is 0 Å². The third-order valence-corrected chi connectivity index (χ3v) is 11.1. The summed E-state index contributed by atoms with van der Waals surface area (Å²) in [6.45, 7) is 13.1. The Balaban J connectivity index is 1.95. The quantitative estimate of drug-likeness (QED) is 0.0682. The summed E-state index contributed by atoms with van der Waals surface area (Å²) in [5, 5.41) is 33.1. The third-order valence-electron chi connectivity index (χ3n) is 11.1. The molecule has 3 aromatic rings. The Morgan fingerprint density at radius 2 is 1.11 bits per heavy atom. The number of benzene rings is 2. The molecule has 0 unspecified atom stereocenters. The predicted octanol–water partition coefficient (Wildman–Crippen LogP) is 3.78. The summed E-state index contributed by atoms with van der Waals surface area (Å²) in [5.74, 6) is -9.32. The zero-order valence-electron chi connectivity index (χ0n) is 37.7. The third kappa shape index (κ3) is 14.7. The molecule has 8 atom stereocenters. The molecular formula is C47H63N7O10. The van der Waals surface area contributed by atoms with Gasteiger partial charge >= 0.3 is 11.9 Å². The number of amides is 6. The van der Waals surface area contributed by atoms with Crippen LogP contribution < -0.4 is 31.5 Å². The average molecular weight is 886 g/mol. The Morgan fingerprint density at radius 1 is 0.609 bits per heavy atom. The molecule has 64 heavy (non-hydrogen) atoms. The minimum absolute atomic E-state index is 0.0621. The zero-order chi connectivity index (χ0) is 47.7. The maximum absolute atomic E-state index is 14.3. The van der Waals surface area contributed by atoms with Crippen LogP contribution in [0.4, 0.5) is 5.69 Å². The topological polar surface area (TPSA) is 253 Å². The molecule has 1 aromatic heterocycles. The van der Waals surface area contributed by atoms with E-state index < -0.39 is 108 Å². The molecule has 0 spiro atoms. The maximum Gasteiger partial charge on any atom is 0.326 e. The number of carbonyl (C=O) groups excluding carboxylic acids is 6. The van der Waals surface area contributed by atoms with Gasteiger partial charge in [-0.1, -0.05) is 115 Å². The Labute approximate surface area is 374 Å². The van der Waals surface area contributed by atoms with E-state index >= 15 is 0 Å². The summed E-state index contributed by atoms with van der Waals surface area (Å²) in [4.78, 5) is 113. The van der Waals surface area contributed by atoms with E-state index in [0.29, 0.717) is 24.0 Å². The lowest BCUT2D eigenvalue weighted by molar-refractivity contribution is -0.142. The molecule has 0 bridgehead atoms. The fraction of sp³-hybridized carbons (Fsp3) is 0.468. The summed E-state index contributed by atoms with van der Waals surface area (Å²) < 4.78 is 0. The minimum Gasteiger partial charge on any atom is -0.481 e. The molecule has 3 rings (SSSR count). The smallest absolute Gasteiger partial charge is 0.326 e. The van der Waals surface area contributed by atoms with Crippen LogP contribution in [0.1, 0.15) is 98.1 Å². The number of rotatable bonds is 24. The second-order valence-corrected chi connectivity index (χ2v) is 16.5. The lowest BCUT2D eigenvalue weighted by Gasteiger charge is -2.34. The molecule has 0 saturated heterocycles. The van der Waals surface area contributed by atoms with E-state index in [0.717, 1.165) is 4.90 Å². The van der Waals surface area contributed by atoms with Gasteiger partial charge in [0.15, 0.2) is 0 Å². The monoisotopic (exact) mass is 885 g/mol. The molecule has 0 aliphatic carbocycles. The van der Waals surface area contributed by atoms with Crippen molar-refractivity contribution in [1.82, 2.24) is 31.6 Å². The van der Waals surface area contributed by atoms with Crippen LogP contribution in [0.2, 0.25) is 0 Å². The number of hydrogen-bond acceptors (Lipinski definition) is 9. The van der Waals surface area contributed by atoms with Crippen molar-refractivity contribution in [3.63, 3.8) is 0 Å². The number of anilines is 1. The lowest BCUT2D eigenvalue weighted by Crippen LogP contribution is -2.62. The predicted molar refractivity (Wildman–Crippen MR) is 239 cm³/mol. The molecule has 17 nitrogen and oxygen atoms in total. The molecule has 0 aliphatic rings. The highest BCUT2D eigenvalue weighted by atomic mass is 16.4. The number of carboxylic acids is 2. The minimum atomic E-state index is -1.73. The van der Waals surface area contributed by atoms with Crippen LogP contribution in [0.15, 0.2) is 85.2 Å². The van der Waals surface area contributed by atoms with E-state index in [4.69, 9.17) is 0 Å². The number of nitrogens with zero attached hydrogens (tertiary/aromatic N) is 2. The average Bonchev–Trinajstić information content (AvgIpc) is 3.26. The van der Waals surface area contributed by atoms with Crippen LogP contribution in [0, 0.1) is 17.8 Å². The number of hydrogen-bond donors (Lipinski definition) is 7. The number of carbonyl (C=O) groups is 8. The van der Waals surface area contributed by atoms with Crippen LogP contribution in [-0.4, -0.2) is 98.8 Å². The molecule has 1 heterocycles. The molecule has 2 aromatic carbocycles. The number of pyridine rings is 1. The van der Waals surface area contributed by atoms with E-state index in [9.17, 15) is 48.6 Å². The zero-order valence-corrected chi connectivity index (χ0v) is 37.7. The van der Waals surface area contributed by atoms with Crippen molar-refractivity contribution in [2.24, 2.45) is 17.8 Å². The summed E-state index contributed by atoms with van der Waals surface area (Å²) in [5.41, 5.74) is 1.62. The van der Waals surface area contributed by atoms with Gasteiger partial charge < -0.3 is 36.8 Å². The Bertz CT molecular complexity index is 2010. The molecule has 6 amide bonds. The Morgan fingerprint density at radius 3 is 1.58 bits per heavy atom. The van der Waals surface area contributed by atoms with Crippen LogP contribution in [0.3, 0.4) is 0 Å². The molecule has 0 fully saturated rings. The first-order chi connectivity index (χ1) is 30.3. The molecule has 7 N–H and O–H groups in total. The van der Waals surface area contributed by atoms with Crippen LogP contribution in [-0.2, 0) is 38.4 Å². The highest BCUT2D eigenvalue weighted by molar-refractivity contribution is 6.04. The summed E-state index contributed by atoms with van der Waals surface area (Å²) in [7, 11) is 0. The van der Waals surface area contributed by atoms with Crippen LogP contribution in [0.25, 0.3) is 0 Å². The summed E-state index contributed by atoms with van der Waals surface area (Å²) in [6, 6.07) is 13.0. The first kappa shape index (κ1) is 51.7.